The van der Waals surface area contributed by atoms with Crippen molar-refractivity contribution in [1.29, 1.82) is 0 Å². The molecule has 0 bridgehead atoms. The summed E-state index contributed by atoms with van der Waals surface area (Å²) in [4.78, 5) is 16.8. The molecule has 1 aromatic heterocycles. The molecule has 0 spiro atoms. The standard InChI is InChI=1S/C28H29N3O3/c1-20-15-24(26-9-5-6-10-27(26)30-20)19-34-25-13-11-21(12-14-25)16-23(28(32)31-33)18-29-17-22-7-3-2-4-8-22/h2-15,23,29,33H,16-19H2,1H3,(H,31,32). The summed E-state index contributed by atoms with van der Waals surface area (Å²) in [6.45, 7) is 3.54. The van der Waals surface area contributed by atoms with Crippen molar-refractivity contribution >= 4 is 16.8 Å². The lowest BCUT2D eigenvalue weighted by atomic mass is 9.98. The lowest BCUT2D eigenvalue weighted by Crippen LogP contribution is -2.36. The van der Waals surface area contributed by atoms with E-state index in [4.69, 9.17) is 9.94 Å². The number of amides is 1. The summed E-state index contributed by atoms with van der Waals surface area (Å²) in [7, 11) is 0. The number of rotatable bonds is 10. The fraction of sp³-hybridized carbons (Fsp3) is 0.214. The number of fused-ring (bicyclic) bond motifs is 1. The van der Waals surface area contributed by atoms with Gasteiger partial charge in [-0.1, -0.05) is 60.7 Å². The number of aromatic nitrogens is 1. The van der Waals surface area contributed by atoms with Crippen LogP contribution in [0.3, 0.4) is 0 Å². The van der Waals surface area contributed by atoms with Gasteiger partial charge in [-0.3, -0.25) is 15.0 Å². The van der Waals surface area contributed by atoms with Crippen LogP contribution < -0.4 is 15.5 Å². The molecular weight excluding hydrogens is 426 g/mol. The van der Waals surface area contributed by atoms with E-state index < -0.39 is 11.8 Å². The first kappa shape index (κ1) is 23.4. The van der Waals surface area contributed by atoms with E-state index in [9.17, 15) is 4.79 Å². The number of carbonyl (C=O) groups is 1. The smallest absolute Gasteiger partial charge is 0.248 e. The van der Waals surface area contributed by atoms with Crippen molar-refractivity contribution in [2.75, 3.05) is 6.54 Å². The number of aryl methyl sites for hydroxylation is 1. The Balaban J connectivity index is 1.36. The lowest BCUT2D eigenvalue weighted by molar-refractivity contribution is -0.133. The molecule has 3 aromatic carbocycles. The number of nitrogens with one attached hydrogen (secondary N) is 2. The van der Waals surface area contributed by atoms with Gasteiger partial charge in [-0.15, -0.1) is 0 Å². The fourth-order valence-corrected chi connectivity index (χ4v) is 4.02. The third kappa shape index (κ3) is 6.19. The number of nitrogens with zero attached hydrogens (tertiary/aromatic N) is 1. The van der Waals surface area contributed by atoms with Gasteiger partial charge >= 0.3 is 0 Å². The van der Waals surface area contributed by atoms with Crippen molar-refractivity contribution in [2.45, 2.75) is 26.5 Å². The maximum Gasteiger partial charge on any atom is 0.248 e. The predicted molar refractivity (Wildman–Crippen MR) is 133 cm³/mol. The van der Waals surface area contributed by atoms with Crippen LogP contribution in [-0.2, 0) is 24.4 Å². The van der Waals surface area contributed by atoms with Crippen LogP contribution in [-0.4, -0.2) is 22.6 Å². The minimum Gasteiger partial charge on any atom is -0.489 e. The largest absolute Gasteiger partial charge is 0.489 e. The zero-order valence-electron chi connectivity index (χ0n) is 19.2. The minimum absolute atomic E-state index is 0.397. The van der Waals surface area contributed by atoms with Crippen LogP contribution >= 0.6 is 0 Å². The van der Waals surface area contributed by atoms with E-state index in [0.29, 0.717) is 26.1 Å². The van der Waals surface area contributed by atoms with Crippen molar-refractivity contribution in [1.82, 2.24) is 15.8 Å². The molecule has 1 atom stereocenters. The van der Waals surface area contributed by atoms with E-state index in [1.54, 1.807) is 5.48 Å². The second-order valence-corrected chi connectivity index (χ2v) is 8.37. The second kappa shape index (κ2) is 11.4. The van der Waals surface area contributed by atoms with E-state index in [0.717, 1.165) is 39.0 Å². The minimum atomic E-state index is -0.402. The highest BCUT2D eigenvalue weighted by Gasteiger charge is 2.18. The number of para-hydroxylation sites is 1. The van der Waals surface area contributed by atoms with Gasteiger partial charge in [0.15, 0.2) is 0 Å². The van der Waals surface area contributed by atoms with Gasteiger partial charge in [0.1, 0.15) is 12.4 Å². The summed E-state index contributed by atoms with van der Waals surface area (Å²) in [6, 6.07) is 27.9. The third-order valence-electron chi connectivity index (χ3n) is 5.77. The lowest BCUT2D eigenvalue weighted by Gasteiger charge is -2.16. The van der Waals surface area contributed by atoms with Gasteiger partial charge in [0, 0.05) is 29.7 Å². The quantitative estimate of drug-likeness (QED) is 0.241. The zero-order chi connectivity index (χ0) is 23.8. The Morgan fingerprint density at radius 2 is 1.71 bits per heavy atom. The topological polar surface area (TPSA) is 83.5 Å². The van der Waals surface area contributed by atoms with E-state index in [-0.39, 0.29) is 0 Å². The molecule has 0 saturated heterocycles. The molecule has 4 aromatic rings. The molecular formula is C28H29N3O3. The highest BCUT2D eigenvalue weighted by molar-refractivity contribution is 5.82. The van der Waals surface area contributed by atoms with Crippen molar-refractivity contribution in [3.05, 3.63) is 107 Å². The van der Waals surface area contributed by atoms with E-state index in [1.165, 1.54) is 0 Å². The van der Waals surface area contributed by atoms with Crippen LogP contribution in [0, 0.1) is 12.8 Å². The molecule has 1 amide bonds. The number of pyridine rings is 1. The summed E-state index contributed by atoms with van der Waals surface area (Å²) in [5.74, 6) is -0.0416. The van der Waals surface area contributed by atoms with Crippen LogP contribution in [0.1, 0.15) is 22.4 Å². The summed E-state index contributed by atoms with van der Waals surface area (Å²) in [5, 5.41) is 13.6. The molecule has 0 saturated carbocycles. The van der Waals surface area contributed by atoms with Crippen LogP contribution in [0.15, 0.2) is 84.9 Å². The first-order valence-corrected chi connectivity index (χ1v) is 11.4. The molecule has 1 heterocycles. The number of hydrogen-bond acceptors (Lipinski definition) is 5. The van der Waals surface area contributed by atoms with Gasteiger partial charge in [0.25, 0.3) is 0 Å². The average molecular weight is 456 g/mol. The highest BCUT2D eigenvalue weighted by Crippen LogP contribution is 2.21. The monoisotopic (exact) mass is 455 g/mol. The maximum absolute atomic E-state index is 12.2. The normalized spacial score (nSPS) is 11.8. The molecule has 4 rings (SSSR count). The number of hydrogen-bond donors (Lipinski definition) is 3. The Labute approximate surface area is 199 Å². The van der Waals surface area contributed by atoms with Crippen molar-refractivity contribution in [3.8, 4) is 5.75 Å². The Kier molecular flexibility index (Phi) is 7.86. The third-order valence-corrected chi connectivity index (χ3v) is 5.77. The average Bonchev–Trinajstić information content (AvgIpc) is 2.87. The van der Waals surface area contributed by atoms with Gasteiger partial charge < -0.3 is 10.1 Å². The summed E-state index contributed by atoms with van der Waals surface area (Å²) < 4.78 is 6.04. The van der Waals surface area contributed by atoms with Crippen molar-refractivity contribution in [3.63, 3.8) is 0 Å². The summed E-state index contributed by atoms with van der Waals surface area (Å²) >= 11 is 0. The SMILES string of the molecule is Cc1cc(COc2ccc(CC(CNCc3ccccc3)C(=O)NO)cc2)c2ccccc2n1. The Morgan fingerprint density at radius 1 is 0.971 bits per heavy atom. The molecule has 0 aliphatic heterocycles. The fourth-order valence-electron chi connectivity index (χ4n) is 4.02. The predicted octanol–water partition coefficient (Wildman–Crippen LogP) is 4.58. The van der Waals surface area contributed by atoms with Crippen LogP contribution in [0.2, 0.25) is 0 Å². The Bertz CT molecular complexity index is 1230. The molecule has 0 aliphatic rings. The molecule has 0 radical (unpaired) electrons. The van der Waals surface area contributed by atoms with E-state index in [1.807, 2.05) is 79.7 Å². The number of carbonyl (C=O) groups excluding carboxylic acids is 1. The summed E-state index contributed by atoms with van der Waals surface area (Å²) in [6.07, 6.45) is 0.503. The molecule has 0 aliphatic carbocycles. The van der Waals surface area contributed by atoms with E-state index in [2.05, 4.69) is 22.4 Å². The first-order chi connectivity index (χ1) is 16.6. The van der Waals surface area contributed by atoms with Crippen molar-refractivity contribution in [2.24, 2.45) is 5.92 Å². The van der Waals surface area contributed by atoms with Crippen LogP contribution in [0.5, 0.6) is 5.75 Å². The zero-order valence-corrected chi connectivity index (χ0v) is 19.2. The highest BCUT2D eigenvalue weighted by atomic mass is 16.5. The van der Waals surface area contributed by atoms with E-state index >= 15 is 0 Å². The molecule has 0 fully saturated rings. The van der Waals surface area contributed by atoms with Crippen LogP contribution in [0.4, 0.5) is 0 Å². The molecule has 34 heavy (non-hydrogen) atoms. The molecule has 3 N–H and O–H groups in total. The van der Waals surface area contributed by atoms with Gasteiger partial charge in [0.2, 0.25) is 5.91 Å². The van der Waals surface area contributed by atoms with Gasteiger partial charge in [0.05, 0.1) is 11.4 Å². The Hall–Kier alpha value is -3.74. The van der Waals surface area contributed by atoms with Gasteiger partial charge in [-0.05, 0) is 48.7 Å². The second-order valence-electron chi connectivity index (χ2n) is 8.37. The van der Waals surface area contributed by atoms with Gasteiger partial charge in [-0.2, -0.15) is 0 Å². The van der Waals surface area contributed by atoms with Gasteiger partial charge in [-0.25, -0.2) is 5.48 Å². The molecule has 1 unspecified atom stereocenters. The molecule has 6 heteroatoms. The van der Waals surface area contributed by atoms with Crippen LogP contribution in [0.25, 0.3) is 10.9 Å². The Morgan fingerprint density at radius 3 is 2.47 bits per heavy atom. The number of hydroxylamine groups is 1. The maximum atomic E-state index is 12.2. The summed E-state index contributed by atoms with van der Waals surface area (Å²) in [5.41, 5.74) is 6.95. The molecule has 6 nitrogen and oxygen atoms in total. The number of ether oxygens (including phenoxy) is 1. The molecule has 174 valence electrons. The number of benzene rings is 3. The van der Waals surface area contributed by atoms with Crippen molar-refractivity contribution < 1.29 is 14.7 Å². The first-order valence-electron chi connectivity index (χ1n) is 11.4.